The van der Waals surface area contributed by atoms with Crippen LogP contribution < -0.4 is 0 Å². The fourth-order valence-electron chi connectivity index (χ4n) is 1.66. The summed E-state index contributed by atoms with van der Waals surface area (Å²) in [6, 6.07) is 2.54. The Labute approximate surface area is 107 Å². The number of carbonyl (C=O) groups excluding carboxylic acids is 1. The maximum Gasteiger partial charge on any atom is 0.338 e. The Balaban J connectivity index is 2.14. The summed E-state index contributed by atoms with van der Waals surface area (Å²) in [5, 5.41) is 0. The van der Waals surface area contributed by atoms with Gasteiger partial charge in [0, 0.05) is 12.3 Å². The lowest BCUT2D eigenvalue weighted by atomic mass is 10.1. The van der Waals surface area contributed by atoms with Gasteiger partial charge in [-0.05, 0) is 12.5 Å². The molecule has 18 heavy (non-hydrogen) atoms. The molecule has 100 valence electrons. The van der Waals surface area contributed by atoms with E-state index in [2.05, 4.69) is 11.9 Å². The summed E-state index contributed by atoms with van der Waals surface area (Å²) >= 11 is 0. The Morgan fingerprint density at radius 3 is 2.72 bits per heavy atom. The summed E-state index contributed by atoms with van der Waals surface area (Å²) in [5.74, 6) is -1.14. The molecule has 0 amide bonds. The highest BCUT2D eigenvalue weighted by atomic mass is 19.1. The monoisotopic (exact) mass is 253 g/mol. The minimum atomic E-state index is -0.663. The van der Waals surface area contributed by atoms with Crippen LogP contribution in [0.2, 0.25) is 0 Å². The fourth-order valence-corrected chi connectivity index (χ4v) is 1.66. The number of hydrogen-bond acceptors (Lipinski definition) is 3. The van der Waals surface area contributed by atoms with Crippen molar-refractivity contribution in [1.29, 1.82) is 0 Å². The van der Waals surface area contributed by atoms with E-state index in [0.29, 0.717) is 6.61 Å². The maximum absolute atomic E-state index is 12.8. The van der Waals surface area contributed by atoms with Crippen LogP contribution in [0, 0.1) is 5.95 Å². The molecule has 0 N–H and O–H groups in total. The van der Waals surface area contributed by atoms with Crippen LogP contribution in [0.1, 0.15) is 55.8 Å². The molecule has 4 heteroatoms. The van der Waals surface area contributed by atoms with E-state index in [-0.39, 0.29) is 5.56 Å². The van der Waals surface area contributed by atoms with Crippen LogP contribution in [0.4, 0.5) is 4.39 Å². The minimum Gasteiger partial charge on any atom is -0.462 e. The number of rotatable bonds is 8. The summed E-state index contributed by atoms with van der Waals surface area (Å²) in [4.78, 5) is 14.9. The van der Waals surface area contributed by atoms with Crippen molar-refractivity contribution in [2.45, 2.75) is 45.4 Å². The largest absolute Gasteiger partial charge is 0.462 e. The van der Waals surface area contributed by atoms with Crippen molar-refractivity contribution in [2.75, 3.05) is 6.61 Å². The summed E-state index contributed by atoms with van der Waals surface area (Å²) in [6.45, 7) is 2.57. The lowest BCUT2D eigenvalue weighted by molar-refractivity contribution is 0.0497. The molecule has 0 bridgehead atoms. The number of aromatic nitrogens is 1. The van der Waals surface area contributed by atoms with Crippen molar-refractivity contribution in [3.8, 4) is 0 Å². The Morgan fingerprint density at radius 2 is 2.00 bits per heavy atom. The van der Waals surface area contributed by atoms with Crippen LogP contribution in [-0.2, 0) is 4.74 Å². The number of hydrogen-bond donors (Lipinski definition) is 0. The molecule has 1 aromatic rings. The Kier molecular flexibility index (Phi) is 6.99. The number of unbranched alkanes of at least 4 members (excludes halogenated alkanes) is 5. The van der Waals surface area contributed by atoms with Gasteiger partial charge in [0.25, 0.3) is 0 Å². The highest BCUT2D eigenvalue weighted by molar-refractivity contribution is 5.89. The van der Waals surface area contributed by atoms with Crippen LogP contribution >= 0.6 is 0 Å². The first-order valence-corrected chi connectivity index (χ1v) is 6.52. The molecule has 0 unspecified atom stereocenters. The molecule has 1 heterocycles. The predicted octanol–water partition coefficient (Wildman–Crippen LogP) is 3.74. The molecular weight excluding hydrogens is 233 g/mol. The molecule has 0 aliphatic carbocycles. The zero-order valence-electron chi connectivity index (χ0n) is 10.8. The molecule has 3 nitrogen and oxygen atoms in total. The third-order valence-electron chi connectivity index (χ3n) is 2.69. The van der Waals surface area contributed by atoms with E-state index < -0.39 is 11.9 Å². The van der Waals surface area contributed by atoms with E-state index in [1.807, 2.05) is 0 Å². The number of nitrogens with zero attached hydrogens (tertiary/aromatic N) is 1. The zero-order chi connectivity index (χ0) is 13.2. The van der Waals surface area contributed by atoms with Crippen molar-refractivity contribution in [2.24, 2.45) is 0 Å². The summed E-state index contributed by atoms with van der Waals surface area (Å²) in [6.07, 6.45) is 8.09. The second kappa shape index (κ2) is 8.61. The normalized spacial score (nSPS) is 10.3. The van der Waals surface area contributed by atoms with E-state index in [9.17, 15) is 9.18 Å². The second-order valence-electron chi connectivity index (χ2n) is 4.27. The molecule has 0 aliphatic rings. The minimum absolute atomic E-state index is 0.216. The van der Waals surface area contributed by atoms with Gasteiger partial charge in [-0.1, -0.05) is 39.0 Å². The first kappa shape index (κ1) is 14.6. The van der Waals surface area contributed by atoms with E-state index in [4.69, 9.17) is 4.74 Å². The Hall–Kier alpha value is -1.45. The van der Waals surface area contributed by atoms with E-state index >= 15 is 0 Å². The van der Waals surface area contributed by atoms with Gasteiger partial charge in [-0.2, -0.15) is 4.39 Å². The highest BCUT2D eigenvalue weighted by Crippen LogP contribution is 2.07. The molecule has 0 fully saturated rings. The highest BCUT2D eigenvalue weighted by Gasteiger charge is 2.07. The third kappa shape index (κ3) is 5.75. The summed E-state index contributed by atoms with van der Waals surface area (Å²) in [5.41, 5.74) is 0.216. The number of ether oxygens (including phenoxy) is 1. The summed E-state index contributed by atoms with van der Waals surface area (Å²) in [7, 11) is 0. The lowest BCUT2D eigenvalue weighted by Crippen LogP contribution is -2.07. The molecule has 0 aliphatic heterocycles. The van der Waals surface area contributed by atoms with Crippen molar-refractivity contribution < 1.29 is 13.9 Å². The second-order valence-corrected chi connectivity index (χ2v) is 4.27. The SMILES string of the molecule is CCCCCCCCOC(=O)c1ccnc(F)c1. The van der Waals surface area contributed by atoms with Crippen LogP contribution in [0.3, 0.4) is 0 Å². The number of pyridine rings is 1. The van der Waals surface area contributed by atoms with Gasteiger partial charge in [0.15, 0.2) is 0 Å². The van der Waals surface area contributed by atoms with Crippen LogP contribution in [0.5, 0.6) is 0 Å². The van der Waals surface area contributed by atoms with Crippen LogP contribution in [0.15, 0.2) is 18.3 Å². The molecule has 1 aromatic heterocycles. The molecule has 0 saturated heterocycles. The maximum atomic E-state index is 12.8. The number of halogens is 1. The zero-order valence-corrected chi connectivity index (χ0v) is 10.8. The van der Waals surface area contributed by atoms with Gasteiger partial charge in [0.1, 0.15) is 0 Å². The quantitative estimate of drug-likeness (QED) is 0.402. The van der Waals surface area contributed by atoms with Crippen molar-refractivity contribution in [1.82, 2.24) is 4.98 Å². The molecule has 1 rings (SSSR count). The Bertz CT molecular complexity index is 369. The van der Waals surface area contributed by atoms with Crippen molar-refractivity contribution >= 4 is 5.97 Å². The van der Waals surface area contributed by atoms with E-state index in [0.717, 1.165) is 18.9 Å². The van der Waals surface area contributed by atoms with E-state index in [1.54, 1.807) is 0 Å². The first-order chi connectivity index (χ1) is 8.74. The van der Waals surface area contributed by atoms with E-state index in [1.165, 1.54) is 37.9 Å². The third-order valence-corrected chi connectivity index (χ3v) is 2.69. The van der Waals surface area contributed by atoms with Gasteiger partial charge in [-0.3, -0.25) is 0 Å². The number of carbonyl (C=O) groups is 1. The van der Waals surface area contributed by atoms with Gasteiger partial charge in [0.2, 0.25) is 5.95 Å². The van der Waals surface area contributed by atoms with Gasteiger partial charge in [0.05, 0.1) is 12.2 Å². The van der Waals surface area contributed by atoms with Crippen molar-refractivity contribution in [3.63, 3.8) is 0 Å². The molecule has 0 saturated carbocycles. The number of esters is 1. The van der Waals surface area contributed by atoms with Gasteiger partial charge >= 0.3 is 5.97 Å². The summed E-state index contributed by atoms with van der Waals surface area (Å²) < 4.78 is 17.8. The average molecular weight is 253 g/mol. The molecule has 0 aromatic carbocycles. The van der Waals surface area contributed by atoms with Crippen LogP contribution in [0.25, 0.3) is 0 Å². The Morgan fingerprint density at radius 1 is 1.28 bits per heavy atom. The van der Waals surface area contributed by atoms with Gasteiger partial charge in [-0.25, -0.2) is 9.78 Å². The standard InChI is InChI=1S/C14H20FNO2/c1-2-3-4-5-6-7-10-18-14(17)12-8-9-16-13(15)11-12/h8-9,11H,2-7,10H2,1H3. The molecule has 0 spiro atoms. The smallest absolute Gasteiger partial charge is 0.338 e. The van der Waals surface area contributed by atoms with Crippen LogP contribution in [-0.4, -0.2) is 17.6 Å². The predicted molar refractivity (Wildman–Crippen MR) is 67.9 cm³/mol. The fraction of sp³-hybridized carbons (Fsp3) is 0.571. The average Bonchev–Trinajstić information content (AvgIpc) is 2.37. The van der Waals surface area contributed by atoms with Gasteiger partial charge in [-0.15, -0.1) is 0 Å². The van der Waals surface area contributed by atoms with Crippen molar-refractivity contribution in [3.05, 3.63) is 29.8 Å². The molecule has 0 atom stereocenters. The topological polar surface area (TPSA) is 39.2 Å². The van der Waals surface area contributed by atoms with Gasteiger partial charge < -0.3 is 4.74 Å². The molecular formula is C14H20FNO2. The first-order valence-electron chi connectivity index (χ1n) is 6.52. The lowest BCUT2D eigenvalue weighted by Gasteiger charge is -2.04. The molecule has 0 radical (unpaired) electrons.